The van der Waals surface area contributed by atoms with E-state index < -0.39 is 0 Å². The molecule has 1 aliphatic heterocycles. The first-order valence-corrected chi connectivity index (χ1v) is 5.76. The third-order valence-corrected chi connectivity index (χ3v) is 2.56. The third kappa shape index (κ3) is 18.1. The van der Waals surface area contributed by atoms with Gasteiger partial charge in [0, 0.05) is 18.0 Å². The lowest BCUT2D eigenvalue weighted by atomic mass is 10.3. The van der Waals surface area contributed by atoms with Crippen molar-refractivity contribution >= 4 is 11.8 Å². The van der Waals surface area contributed by atoms with Gasteiger partial charge >= 0.3 is 0 Å². The van der Waals surface area contributed by atoms with Gasteiger partial charge in [-0.25, -0.2) is 0 Å². The first kappa shape index (κ1) is 19.7. The molecule has 4 heteroatoms. The second kappa shape index (κ2) is 11.3. The van der Waals surface area contributed by atoms with E-state index in [1.807, 2.05) is 11.8 Å². The molecule has 0 unspecified atom stereocenters. The molecular formula is C10H26O3S. The zero-order valence-electron chi connectivity index (χ0n) is 9.85. The fourth-order valence-electron chi connectivity index (χ4n) is 0.943. The third-order valence-electron chi connectivity index (χ3n) is 1.40. The molecular weight excluding hydrogens is 200 g/mol. The largest absolute Gasteiger partial charge is 0.412 e. The fourth-order valence-corrected chi connectivity index (χ4v) is 1.81. The minimum Gasteiger partial charge on any atom is -0.412 e. The smallest absolute Gasteiger partial charge is 0.0466 e. The lowest BCUT2D eigenvalue weighted by Crippen LogP contribution is -2.06. The second-order valence-electron chi connectivity index (χ2n) is 3.86. The minimum atomic E-state index is 0. The highest BCUT2D eigenvalue weighted by Crippen LogP contribution is 2.21. The molecule has 1 heterocycles. The van der Waals surface area contributed by atoms with Crippen molar-refractivity contribution in [2.24, 2.45) is 0 Å². The van der Waals surface area contributed by atoms with Gasteiger partial charge in [0.05, 0.1) is 0 Å². The highest BCUT2D eigenvalue weighted by atomic mass is 32.2. The van der Waals surface area contributed by atoms with Gasteiger partial charge in [-0.15, -0.1) is 0 Å². The van der Waals surface area contributed by atoms with Crippen molar-refractivity contribution in [3.8, 4) is 0 Å². The SMILES string of the molecule is C1CCOC1.CCSC(C)(C)C.O.O. The first-order chi connectivity index (χ1) is 5.56. The summed E-state index contributed by atoms with van der Waals surface area (Å²) in [6, 6.07) is 0. The van der Waals surface area contributed by atoms with E-state index in [-0.39, 0.29) is 11.0 Å². The Morgan fingerprint density at radius 3 is 1.57 bits per heavy atom. The topological polar surface area (TPSA) is 72.2 Å². The van der Waals surface area contributed by atoms with Gasteiger partial charge in [0.1, 0.15) is 0 Å². The molecule has 1 saturated heterocycles. The monoisotopic (exact) mass is 226 g/mol. The van der Waals surface area contributed by atoms with E-state index in [0.717, 1.165) is 13.2 Å². The summed E-state index contributed by atoms with van der Waals surface area (Å²) in [6.07, 6.45) is 2.56. The summed E-state index contributed by atoms with van der Waals surface area (Å²) in [7, 11) is 0. The van der Waals surface area contributed by atoms with Gasteiger partial charge in [0.15, 0.2) is 0 Å². The molecule has 0 bridgehead atoms. The maximum Gasteiger partial charge on any atom is 0.0466 e. The van der Waals surface area contributed by atoms with Crippen molar-refractivity contribution in [2.45, 2.75) is 45.3 Å². The zero-order chi connectivity index (χ0) is 9.45. The maximum absolute atomic E-state index is 4.94. The van der Waals surface area contributed by atoms with Crippen molar-refractivity contribution < 1.29 is 15.7 Å². The molecule has 0 atom stereocenters. The molecule has 3 nitrogen and oxygen atoms in total. The van der Waals surface area contributed by atoms with Gasteiger partial charge in [-0.3, -0.25) is 0 Å². The van der Waals surface area contributed by atoms with Gasteiger partial charge in [-0.1, -0.05) is 27.7 Å². The fraction of sp³-hybridized carbons (Fsp3) is 1.00. The van der Waals surface area contributed by atoms with E-state index in [2.05, 4.69) is 27.7 Å². The van der Waals surface area contributed by atoms with E-state index in [1.165, 1.54) is 18.6 Å². The summed E-state index contributed by atoms with van der Waals surface area (Å²) in [5.41, 5.74) is 0. The van der Waals surface area contributed by atoms with E-state index in [0.29, 0.717) is 4.75 Å². The Kier molecular flexibility index (Phi) is 15.9. The summed E-state index contributed by atoms with van der Waals surface area (Å²) in [5.74, 6) is 1.23. The van der Waals surface area contributed by atoms with Gasteiger partial charge in [0.2, 0.25) is 0 Å². The van der Waals surface area contributed by atoms with Crippen LogP contribution >= 0.6 is 11.8 Å². The summed E-state index contributed by atoms with van der Waals surface area (Å²) in [4.78, 5) is 0. The van der Waals surface area contributed by atoms with Gasteiger partial charge in [-0.05, 0) is 18.6 Å². The molecule has 1 rings (SSSR count). The average molecular weight is 226 g/mol. The number of hydrogen-bond donors (Lipinski definition) is 0. The van der Waals surface area contributed by atoms with Crippen molar-refractivity contribution in [2.75, 3.05) is 19.0 Å². The molecule has 1 fully saturated rings. The second-order valence-corrected chi connectivity index (χ2v) is 5.96. The van der Waals surface area contributed by atoms with Crippen LogP contribution in [-0.2, 0) is 4.74 Å². The van der Waals surface area contributed by atoms with Crippen LogP contribution in [-0.4, -0.2) is 34.7 Å². The minimum absolute atomic E-state index is 0. The van der Waals surface area contributed by atoms with Gasteiger partial charge in [0.25, 0.3) is 0 Å². The maximum atomic E-state index is 4.94. The Hall–Kier alpha value is 0.230. The predicted octanol–water partition coefficient (Wildman–Crippen LogP) is 1.69. The van der Waals surface area contributed by atoms with Crippen LogP contribution in [0.2, 0.25) is 0 Å². The molecule has 4 N–H and O–H groups in total. The van der Waals surface area contributed by atoms with E-state index in [9.17, 15) is 0 Å². The molecule has 0 aromatic heterocycles. The number of thioether (sulfide) groups is 1. The lowest BCUT2D eigenvalue weighted by molar-refractivity contribution is 0.198. The van der Waals surface area contributed by atoms with Crippen LogP contribution in [0.1, 0.15) is 40.5 Å². The van der Waals surface area contributed by atoms with Crippen molar-refractivity contribution in [1.82, 2.24) is 0 Å². The van der Waals surface area contributed by atoms with Crippen LogP contribution in [0, 0.1) is 0 Å². The van der Waals surface area contributed by atoms with Crippen LogP contribution in [0.15, 0.2) is 0 Å². The molecule has 0 aromatic rings. The Morgan fingerprint density at radius 1 is 1.07 bits per heavy atom. The molecule has 0 amide bonds. The van der Waals surface area contributed by atoms with Crippen molar-refractivity contribution in [1.29, 1.82) is 0 Å². The highest BCUT2D eigenvalue weighted by Gasteiger charge is 2.06. The van der Waals surface area contributed by atoms with Crippen LogP contribution in [0.5, 0.6) is 0 Å². The summed E-state index contributed by atoms with van der Waals surface area (Å²) in [5, 5.41) is 0. The number of rotatable bonds is 1. The Bertz CT molecular complexity index is 90.4. The Balaban J connectivity index is -0.000000155. The molecule has 0 spiro atoms. The average Bonchev–Trinajstić information content (AvgIpc) is 2.38. The van der Waals surface area contributed by atoms with Crippen LogP contribution in [0.3, 0.4) is 0 Å². The molecule has 0 aliphatic carbocycles. The van der Waals surface area contributed by atoms with Crippen molar-refractivity contribution in [3.05, 3.63) is 0 Å². The zero-order valence-corrected chi connectivity index (χ0v) is 10.7. The highest BCUT2D eigenvalue weighted by molar-refractivity contribution is 8.00. The van der Waals surface area contributed by atoms with Gasteiger partial charge < -0.3 is 15.7 Å². The first-order valence-electron chi connectivity index (χ1n) is 4.78. The molecule has 0 radical (unpaired) electrons. The predicted molar refractivity (Wildman–Crippen MR) is 65.2 cm³/mol. The Morgan fingerprint density at radius 2 is 1.50 bits per heavy atom. The van der Waals surface area contributed by atoms with E-state index in [1.54, 1.807) is 0 Å². The van der Waals surface area contributed by atoms with Crippen LogP contribution < -0.4 is 0 Å². The van der Waals surface area contributed by atoms with Crippen molar-refractivity contribution in [3.63, 3.8) is 0 Å². The van der Waals surface area contributed by atoms with E-state index in [4.69, 9.17) is 4.74 Å². The summed E-state index contributed by atoms with van der Waals surface area (Å²) < 4.78 is 5.41. The van der Waals surface area contributed by atoms with Crippen LogP contribution in [0.25, 0.3) is 0 Å². The number of ether oxygens (including phenoxy) is 1. The summed E-state index contributed by atoms with van der Waals surface area (Å²) >= 11 is 1.99. The Labute approximate surface area is 92.2 Å². The number of hydrogen-bond acceptors (Lipinski definition) is 2. The van der Waals surface area contributed by atoms with Gasteiger partial charge in [-0.2, -0.15) is 11.8 Å². The standard InChI is InChI=1S/C6H14S.C4H8O.2H2O/c1-5-7-6(2,3)4;1-2-4-5-3-1;;/h5H2,1-4H3;1-4H2;2*1H2. The lowest BCUT2D eigenvalue weighted by Gasteiger charge is -2.14. The molecule has 1 aliphatic rings. The molecule has 0 aromatic carbocycles. The quantitative estimate of drug-likeness (QED) is 0.682. The van der Waals surface area contributed by atoms with Crippen LogP contribution in [0.4, 0.5) is 0 Å². The molecule has 14 heavy (non-hydrogen) atoms. The molecule has 0 saturated carbocycles. The molecule has 90 valence electrons. The van der Waals surface area contributed by atoms with E-state index >= 15 is 0 Å². The summed E-state index contributed by atoms with van der Waals surface area (Å²) in [6.45, 7) is 10.9. The normalized spacial score (nSPS) is 14.6.